The summed E-state index contributed by atoms with van der Waals surface area (Å²) in [4.78, 5) is 15.8. The average Bonchev–Trinajstić information content (AvgIpc) is 2.83. The fourth-order valence-electron chi connectivity index (χ4n) is 1.79. The van der Waals surface area contributed by atoms with Gasteiger partial charge in [0, 0.05) is 37.0 Å². The van der Waals surface area contributed by atoms with Crippen LogP contribution in [-0.2, 0) is 4.84 Å². The van der Waals surface area contributed by atoms with E-state index in [1.54, 1.807) is 23.5 Å². The maximum absolute atomic E-state index is 11.0. The summed E-state index contributed by atoms with van der Waals surface area (Å²) in [6.07, 6.45) is 1.61. The van der Waals surface area contributed by atoms with Gasteiger partial charge in [-0.15, -0.1) is 0 Å². The Balaban J connectivity index is 0.000000212. The molecule has 0 spiro atoms. The van der Waals surface area contributed by atoms with Crippen LogP contribution < -0.4 is 5.63 Å². The van der Waals surface area contributed by atoms with Gasteiger partial charge in [0.25, 0.3) is 0 Å². The minimum absolute atomic E-state index is 0.344. The van der Waals surface area contributed by atoms with E-state index in [4.69, 9.17) is 13.7 Å². The number of hydrogen-bond acceptors (Lipinski definition) is 5. The fourth-order valence-corrected chi connectivity index (χ4v) is 1.79. The van der Waals surface area contributed by atoms with Crippen LogP contribution in [0.15, 0.2) is 50.2 Å². The van der Waals surface area contributed by atoms with Gasteiger partial charge >= 0.3 is 5.63 Å². The van der Waals surface area contributed by atoms with Crippen LogP contribution in [0.3, 0.4) is 0 Å². The number of benzene rings is 1. The lowest BCUT2D eigenvalue weighted by atomic mass is 10.2. The molecule has 0 atom stereocenters. The summed E-state index contributed by atoms with van der Waals surface area (Å²) in [6.45, 7) is 2.72. The van der Waals surface area contributed by atoms with Gasteiger partial charge in [0.05, 0.1) is 12.9 Å². The van der Waals surface area contributed by atoms with E-state index in [-0.39, 0.29) is 5.63 Å². The second-order valence-corrected chi connectivity index (χ2v) is 4.33. The van der Waals surface area contributed by atoms with E-state index in [9.17, 15) is 4.79 Å². The Hall–Kier alpha value is -2.11. The first-order chi connectivity index (χ1) is 9.60. The molecule has 3 aromatic rings. The molecule has 20 heavy (non-hydrogen) atoms. The lowest BCUT2D eigenvalue weighted by Gasteiger charge is -2.05. The molecule has 0 bridgehead atoms. The van der Waals surface area contributed by atoms with Gasteiger partial charge in [0.1, 0.15) is 11.2 Å². The predicted octanol–water partition coefficient (Wildman–Crippen LogP) is 3.04. The molecule has 5 heteroatoms. The predicted molar refractivity (Wildman–Crippen MR) is 77.6 cm³/mol. The molecule has 0 aliphatic heterocycles. The topological polar surface area (TPSA) is 55.8 Å². The highest BCUT2D eigenvalue weighted by Gasteiger charge is 2.01. The van der Waals surface area contributed by atoms with Crippen LogP contribution in [-0.4, -0.2) is 25.8 Å². The van der Waals surface area contributed by atoms with Crippen LogP contribution in [0.4, 0.5) is 0 Å². The zero-order chi connectivity index (χ0) is 14.5. The smallest absolute Gasteiger partial charge is 0.336 e. The van der Waals surface area contributed by atoms with Gasteiger partial charge in [-0.2, -0.15) is 5.06 Å². The summed E-state index contributed by atoms with van der Waals surface area (Å²) in [6, 6.07) is 8.69. The summed E-state index contributed by atoms with van der Waals surface area (Å²) in [5.41, 5.74) is 0.940. The van der Waals surface area contributed by atoms with Crippen molar-refractivity contribution in [2.45, 2.75) is 6.92 Å². The highest BCUT2D eigenvalue weighted by Crippen LogP contribution is 2.22. The lowest BCUT2D eigenvalue weighted by molar-refractivity contribution is -0.113. The Bertz CT molecular complexity index is 742. The van der Waals surface area contributed by atoms with Crippen molar-refractivity contribution < 1.29 is 13.7 Å². The molecular weight excluding hydrogens is 258 g/mol. The van der Waals surface area contributed by atoms with Crippen LogP contribution in [0.1, 0.15) is 6.92 Å². The van der Waals surface area contributed by atoms with E-state index in [0.29, 0.717) is 5.58 Å². The molecule has 0 aliphatic carbocycles. The van der Waals surface area contributed by atoms with E-state index >= 15 is 0 Å². The zero-order valence-corrected chi connectivity index (χ0v) is 11.8. The summed E-state index contributed by atoms with van der Waals surface area (Å²) in [5, 5.41) is 3.59. The molecule has 2 heterocycles. The molecule has 5 nitrogen and oxygen atoms in total. The number of rotatable bonds is 2. The van der Waals surface area contributed by atoms with E-state index in [2.05, 4.69) is 0 Å². The number of hydroxylamine groups is 2. The highest BCUT2D eigenvalue weighted by molar-refractivity contribution is 5.92. The van der Waals surface area contributed by atoms with Crippen molar-refractivity contribution in [2.24, 2.45) is 0 Å². The fraction of sp³-hybridized carbons (Fsp3) is 0.267. The van der Waals surface area contributed by atoms with Crippen molar-refractivity contribution in [1.82, 2.24) is 5.06 Å². The van der Waals surface area contributed by atoms with Gasteiger partial charge in [-0.1, -0.05) is 0 Å². The third-order valence-corrected chi connectivity index (χ3v) is 2.58. The van der Waals surface area contributed by atoms with E-state index in [1.807, 2.05) is 33.2 Å². The van der Waals surface area contributed by atoms with Gasteiger partial charge in [-0.05, 0) is 25.1 Å². The number of hydrogen-bond donors (Lipinski definition) is 0. The summed E-state index contributed by atoms with van der Waals surface area (Å²) < 4.78 is 10.2. The minimum Gasteiger partial charge on any atom is -0.464 e. The second kappa shape index (κ2) is 6.36. The van der Waals surface area contributed by atoms with E-state index in [0.717, 1.165) is 23.0 Å². The van der Waals surface area contributed by atoms with E-state index < -0.39 is 0 Å². The monoisotopic (exact) mass is 275 g/mol. The molecule has 0 amide bonds. The average molecular weight is 275 g/mol. The number of furan rings is 1. The van der Waals surface area contributed by atoms with Crippen molar-refractivity contribution in [3.8, 4) is 0 Å². The Morgan fingerprint density at radius 2 is 1.85 bits per heavy atom. The SMILES string of the molecule is CCON(C)C.O=c1ccc2cc3ccoc3cc2o1. The molecule has 2 aromatic heterocycles. The highest BCUT2D eigenvalue weighted by atomic mass is 16.7. The van der Waals surface area contributed by atoms with Crippen LogP contribution in [0.5, 0.6) is 0 Å². The Labute approximate surface area is 116 Å². The molecular formula is C15H17NO4. The normalized spacial score (nSPS) is 10.8. The standard InChI is InChI=1S/C11H6O3.C4H11NO/c12-11-2-1-7-5-8-3-4-13-9(8)6-10(7)14-11;1-4-6-5(2)3/h1-6H;4H2,1-3H3. The molecule has 0 fully saturated rings. The second-order valence-electron chi connectivity index (χ2n) is 4.33. The quantitative estimate of drug-likeness (QED) is 0.531. The van der Waals surface area contributed by atoms with Crippen LogP contribution in [0.25, 0.3) is 21.9 Å². The molecule has 0 radical (unpaired) electrons. The van der Waals surface area contributed by atoms with Crippen molar-refractivity contribution in [1.29, 1.82) is 0 Å². The molecule has 106 valence electrons. The van der Waals surface area contributed by atoms with E-state index in [1.165, 1.54) is 6.07 Å². The Morgan fingerprint density at radius 1 is 1.10 bits per heavy atom. The molecule has 0 N–H and O–H groups in total. The number of fused-ring (bicyclic) bond motifs is 2. The molecule has 3 rings (SSSR count). The van der Waals surface area contributed by atoms with Crippen molar-refractivity contribution in [3.63, 3.8) is 0 Å². The van der Waals surface area contributed by atoms with Gasteiger partial charge < -0.3 is 8.83 Å². The lowest BCUT2D eigenvalue weighted by Crippen LogP contribution is -2.11. The third-order valence-electron chi connectivity index (χ3n) is 2.58. The molecule has 0 saturated heterocycles. The van der Waals surface area contributed by atoms with Gasteiger partial charge in [-0.25, -0.2) is 4.79 Å². The van der Waals surface area contributed by atoms with Crippen molar-refractivity contribution in [2.75, 3.05) is 20.7 Å². The zero-order valence-electron chi connectivity index (χ0n) is 11.8. The Morgan fingerprint density at radius 3 is 2.50 bits per heavy atom. The van der Waals surface area contributed by atoms with Crippen molar-refractivity contribution in [3.05, 3.63) is 47.0 Å². The summed E-state index contributed by atoms with van der Waals surface area (Å²) >= 11 is 0. The van der Waals surface area contributed by atoms with Crippen LogP contribution in [0, 0.1) is 0 Å². The summed E-state index contributed by atoms with van der Waals surface area (Å²) in [7, 11) is 3.73. The maximum Gasteiger partial charge on any atom is 0.336 e. The van der Waals surface area contributed by atoms with Gasteiger partial charge in [0.2, 0.25) is 0 Å². The summed E-state index contributed by atoms with van der Waals surface area (Å²) in [5.74, 6) is 0. The number of nitrogens with zero attached hydrogens (tertiary/aromatic N) is 1. The molecule has 1 aromatic carbocycles. The first kappa shape index (κ1) is 14.3. The molecule has 0 unspecified atom stereocenters. The minimum atomic E-state index is -0.344. The van der Waals surface area contributed by atoms with Crippen LogP contribution in [0.2, 0.25) is 0 Å². The van der Waals surface area contributed by atoms with Crippen LogP contribution >= 0.6 is 0 Å². The maximum atomic E-state index is 11.0. The van der Waals surface area contributed by atoms with Crippen molar-refractivity contribution >= 4 is 21.9 Å². The molecule has 0 saturated carbocycles. The largest absolute Gasteiger partial charge is 0.464 e. The Kier molecular flexibility index (Phi) is 4.55. The first-order valence-corrected chi connectivity index (χ1v) is 6.31. The molecule has 0 aliphatic rings. The first-order valence-electron chi connectivity index (χ1n) is 6.31. The van der Waals surface area contributed by atoms with Gasteiger partial charge in [-0.3, -0.25) is 4.84 Å². The third kappa shape index (κ3) is 3.46. The van der Waals surface area contributed by atoms with Gasteiger partial charge in [0.15, 0.2) is 0 Å².